The number of benzene rings is 2. The maximum Gasteiger partial charge on any atom is 0.161 e. The molecule has 128 valence electrons. The van der Waals surface area contributed by atoms with Crippen molar-refractivity contribution in [3.63, 3.8) is 0 Å². The summed E-state index contributed by atoms with van der Waals surface area (Å²) in [5, 5.41) is 1.05. The molecule has 1 aromatic heterocycles. The van der Waals surface area contributed by atoms with E-state index in [4.69, 9.17) is 14.2 Å². The number of para-hydroxylation sites is 1. The van der Waals surface area contributed by atoms with E-state index in [2.05, 4.69) is 4.98 Å². The molecular weight excluding hydrogens is 314 g/mol. The van der Waals surface area contributed by atoms with E-state index in [1.54, 1.807) is 14.2 Å². The number of rotatable bonds is 6. The number of fused-ring (bicyclic) bond motifs is 1. The Morgan fingerprint density at radius 1 is 0.880 bits per heavy atom. The predicted molar refractivity (Wildman–Crippen MR) is 101 cm³/mol. The van der Waals surface area contributed by atoms with Gasteiger partial charge in [0.15, 0.2) is 11.5 Å². The molecule has 0 bridgehead atoms. The van der Waals surface area contributed by atoms with Gasteiger partial charge in [-0.3, -0.25) is 0 Å². The Kier molecular flexibility index (Phi) is 5.19. The van der Waals surface area contributed by atoms with Crippen LogP contribution in [0, 0.1) is 0 Å². The molecule has 0 fully saturated rings. The van der Waals surface area contributed by atoms with E-state index >= 15 is 0 Å². The third kappa shape index (κ3) is 3.74. The van der Waals surface area contributed by atoms with Gasteiger partial charge < -0.3 is 14.2 Å². The Bertz CT molecular complexity index is 903. The van der Waals surface area contributed by atoms with Gasteiger partial charge in [0.1, 0.15) is 11.3 Å². The second-order valence-corrected chi connectivity index (χ2v) is 5.44. The minimum absolute atomic E-state index is 0.606. The van der Waals surface area contributed by atoms with Crippen molar-refractivity contribution in [2.45, 2.75) is 6.92 Å². The van der Waals surface area contributed by atoms with Crippen LogP contribution in [0.3, 0.4) is 0 Å². The van der Waals surface area contributed by atoms with Crippen LogP contribution in [0.4, 0.5) is 0 Å². The quantitative estimate of drug-likeness (QED) is 0.647. The van der Waals surface area contributed by atoms with E-state index in [1.807, 2.05) is 67.6 Å². The van der Waals surface area contributed by atoms with Gasteiger partial charge in [-0.05, 0) is 42.8 Å². The first-order valence-electron chi connectivity index (χ1n) is 8.18. The largest absolute Gasteiger partial charge is 0.494 e. The van der Waals surface area contributed by atoms with Crippen LogP contribution in [-0.4, -0.2) is 25.8 Å². The molecule has 2 aromatic carbocycles. The number of pyridine rings is 1. The summed E-state index contributed by atoms with van der Waals surface area (Å²) in [5.74, 6) is 2.24. The Morgan fingerprint density at radius 2 is 1.72 bits per heavy atom. The van der Waals surface area contributed by atoms with Crippen LogP contribution in [0.5, 0.6) is 17.2 Å². The minimum Gasteiger partial charge on any atom is -0.494 e. The zero-order chi connectivity index (χ0) is 17.6. The molecule has 3 rings (SSSR count). The average Bonchev–Trinajstić information content (AvgIpc) is 2.66. The zero-order valence-corrected chi connectivity index (χ0v) is 14.7. The van der Waals surface area contributed by atoms with Gasteiger partial charge in [0, 0.05) is 5.39 Å². The smallest absolute Gasteiger partial charge is 0.161 e. The molecule has 0 aliphatic heterocycles. The van der Waals surface area contributed by atoms with Crippen molar-refractivity contribution >= 4 is 23.1 Å². The highest BCUT2D eigenvalue weighted by Crippen LogP contribution is 2.29. The number of methoxy groups -OCH3 is 2. The van der Waals surface area contributed by atoms with Crippen molar-refractivity contribution in [2.24, 2.45) is 0 Å². The van der Waals surface area contributed by atoms with Crippen LogP contribution in [-0.2, 0) is 0 Å². The van der Waals surface area contributed by atoms with E-state index in [1.165, 1.54) is 0 Å². The second-order valence-electron chi connectivity index (χ2n) is 5.44. The third-order valence-electron chi connectivity index (χ3n) is 3.86. The summed E-state index contributed by atoms with van der Waals surface area (Å²) in [6.45, 7) is 2.56. The molecule has 0 unspecified atom stereocenters. The standard InChI is InChI=1S/C21H21NO3/c1-4-25-18-13-9-15(14-20(18)24-3)8-11-17-12-10-16-6-5-7-19(23-2)21(16)22-17/h5-14H,4H2,1-3H3/b11-8+. The first-order valence-corrected chi connectivity index (χ1v) is 8.18. The van der Waals surface area contributed by atoms with Crippen molar-refractivity contribution in [3.05, 3.63) is 59.8 Å². The molecule has 1 heterocycles. The van der Waals surface area contributed by atoms with E-state index in [-0.39, 0.29) is 0 Å². The molecule has 0 saturated carbocycles. The number of aromatic nitrogens is 1. The monoisotopic (exact) mass is 335 g/mol. The maximum atomic E-state index is 5.54. The topological polar surface area (TPSA) is 40.6 Å². The molecule has 0 aliphatic rings. The lowest BCUT2D eigenvalue weighted by Crippen LogP contribution is -1.95. The van der Waals surface area contributed by atoms with Crippen molar-refractivity contribution in [3.8, 4) is 17.2 Å². The van der Waals surface area contributed by atoms with Gasteiger partial charge in [0.25, 0.3) is 0 Å². The summed E-state index contributed by atoms with van der Waals surface area (Å²) in [4.78, 5) is 4.68. The SMILES string of the molecule is CCOc1ccc(/C=C/c2ccc3cccc(OC)c3n2)cc1OC. The summed E-state index contributed by atoms with van der Waals surface area (Å²) >= 11 is 0. The summed E-state index contributed by atoms with van der Waals surface area (Å²) < 4.78 is 16.3. The van der Waals surface area contributed by atoms with Gasteiger partial charge in [0.2, 0.25) is 0 Å². The van der Waals surface area contributed by atoms with Gasteiger partial charge >= 0.3 is 0 Å². The first kappa shape index (κ1) is 16.8. The molecule has 25 heavy (non-hydrogen) atoms. The number of hydrogen-bond acceptors (Lipinski definition) is 4. The Balaban J connectivity index is 1.90. The molecule has 0 saturated heterocycles. The third-order valence-corrected chi connectivity index (χ3v) is 3.86. The molecule has 0 radical (unpaired) electrons. The van der Waals surface area contributed by atoms with Gasteiger partial charge in [0.05, 0.1) is 26.5 Å². The summed E-state index contributed by atoms with van der Waals surface area (Å²) in [5.41, 5.74) is 2.74. The predicted octanol–water partition coefficient (Wildman–Crippen LogP) is 4.82. The van der Waals surface area contributed by atoms with Crippen LogP contribution < -0.4 is 14.2 Å². The van der Waals surface area contributed by atoms with Gasteiger partial charge in [-0.25, -0.2) is 4.98 Å². The Hall–Kier alpha value is -3.01. The Morgan fingerprint density at radius 3 is 2.48 bits per heavy atom. The lowest BCUT2D eigenvalue weighted by atomic mass is 10.1. The van der Waals surface area contributed by atoms with Crippen LogP contribution in [0.15, 0.2) is 48.5 Å². The molecule has 4 heteroatoms. The van der Waals surface area contributed by atoms with Crippen LogP contribution in [0.2, 0.25) is 0 Å². The van der Waals surface area contributed by atoms with Crippen molar-refractivity contribution < 1.29 is 14.2 Å². The van der Waals surface area contributed by atoms with Crippen LogP contribution in [0.25, 0.3) is 23.1 Å². The van der Waals surface area contributed by atoms with Crippen LogP contribution >= 0.6 is 0 Å². The molecule has 0 amide bonds. The lowest BCUT2D eigenvalue weighted by molar-refractivity contribution is 0.311. The highest BCUT2D eigenvalue weighted by molar-refractivity contribution is 5.86. The van der Waals surface area contributed by atoms with Gasteiger partial charge in [-0.1, -0.05) is 30.3 Å². The fourth-order valence-electron chi connectivity index (χ4n) is 2.64. The molecule has 0 spiro atoms. The highest BCUT2D eigenvalue weighted by atomic mass is 16.5. The lowest BCUT2D eigenvalue weighted by Gasteiger charge is -2.09. The molecular formula is C21H21NO3. The zero-order valence-electron chi connectivity index (χ0n) is 14.7. The molecule has 4 nitrogen and oxygen atoms in total. The van der Waals surface area contributed by atoms with E-state index < -0.39 is 0 Å². The normalized spacial score (nSPS) is 11.0. The number of hydrogen-bond donors (Lipinski definition) is 0. The summed E-state index contributed by atoms with van der Waals surface area (Å²) in [6.07, 6.45) is 3.98. The molecule has 0 aliphatic carbocycles. The second kappa shape index (κ2) is 7.71. The number of nitrogens with zero attached hydrogens (tertiary/aromatic N) is 1. The molecule has 0 atom stereocenters. The fraction of sp³-hybridized carbons (Fsp3) is 0.190. The van der Waals surface area contributed by atoms with Crippen molar-refractivity contribution in [1.82, 2.24) is 4.98 Å². The highest BCUT2D eigenvalue weighted by Gasteiger charge is 2.05. The van der Waals surface area contributed by atoms with Gasteiger partial charge in [-0.2, -0.15) is 0 Å². The van der Waals surface area contributed by atoms with E-state index in [9.17, 15) is 0 Å². The average molecular weight is 335 g/mol. The fourth-order valence-corrected chi connectivity index (χ4v) is 2.64. The van der Waals surface area contributed by atoms with Crippen molar-refractivity contribution in [1.29, 1.82) is 0 Å². The summed E-state index contributed by atoms with van der Waals surface area (Å²) in [7, 11) is 3.30. The maximum absolute atomic E-state index is 5.54. The molecule has 0 N–H and O–H groups in total. The van der Waals surface area contributed by atoms with Crippen molar-refractivity contribution in [2.75, 3.05) is 20.8 Å². The summed E-state index contributed by atoms with van der Waals surface area (Å²) in [6, 6.07) is 15.8. The van der Waals surface area contributed by atoms with Gasteiger partial charge in [-0.15, -0.1) is 0 Å². The number of ether oxygens (including phenoxy) is 3. The van der Waals surface area contributed by atoms with E-state index in [0.29, 0.717) is 6.61 Å². The minimum atomic E-state index is 0.606. The van der Waals surface area contributed by atoms with Crippen LogP contribution in [0.1, 0.15) is 18.2 Å². The first-order chi connectivity index (χ1) is 12.2. The Labute approximate surface area is 147 Å². The van der Waals surface area contributed by atoms with E-state index in [0.717, 1.165) is 39.4 Å². The molecule has 3 aromatic rings.